The molecule has 2 heterocycles. The second-order valence-corrected chi connectivity index (χ2v) is 5.96. The quantitative estimate of drug-likeness (QED) is 0.855. The van der Waals surface area contributed by atoms with Crippen LogP contribution in [0.3, 0.4) is 0 Å². The lowest BCUT2D eigenvalue weighted by molar-refractivity contribution is 0.0937. The molecule has 1 saturated heterocycles. The van der Waals surface area contributed by atoms with Crippen LogP contribution in [0.5, 0.6) is 0 Å². The summed E-state index contributed by atoms with van der Waals surface area (Å²) in [4.78, 5) is 14.7. The van der Waals surface area contributed by atoms with Crippen LogP contribution < -0.4 is 11.1 Å². The Balaban J connectivity index is 1.56. The number of anilines is 1. The Labute approximate surface area is 119 Å². The van der Waals surface area contributed by atoms with E-state index in [2.05, 4.69) is 15.3 Å². The Morgan fingerprint density at radius 2 is 2.15 bits per heavy atom. The standard InChI is InChI=1S/C14H23N5O/c1-18-13(15)12(8-16-18)14(20)17-10-6-7-19(9-10)11-4-2-3-5-11/h8,10-11H,2-7,9,15H2,1H3,(H,17,20). The number of nitrogens with zero attached hydrogens (tertiary/aromatic N) is 3. The average Bonchev–Trinajstić information content (AvgIpc) is 3.12. The van der Waals surface area contributed by atoms with Gasteiger partial charge in [-0.05, 0) is 19.3 Å². The van der Waals surface area contributed by atoms with Gasteiger partial charge in [0, 0.05) is 32.2 Å². The summed E-state index contributed by atoms with van der Waals surface area (Å²) in [5.41, 5.74) is 6.31. The third kappa shape index (κ3) is 2.52. The van der Waals surface area contributed by atoms with Gasteiger partial charge in [-0.3, -0.25) is 14.4 Å². The van der Waals surface area contributed by atoms with E-state index in [1.54, 1.807) is 7.05 Å². The third-order valence-corrected chi connectivity index (χ3v) is 4.63. The molecule has 110 valence electrons. The van der Waals surface area contributed by atoms with E-state index >= 15 is 0 Å². The molecule has 1 unspecified atom stereocenters. The van der Waals surface area contributed by atoms with Crippen LogP contribution in [0.25, 0.3) is 0 Å². The van der Waals surface area contributed by atoms with Gasteiger partial charge in [-0.25, -0.2) is 0 Å². The van der Waals surface area contributed by atoms with E-state index in [-0.39, 0.29) is 11.9 Å². The molecule has 1 saturated carbocycles. The molecule has 1 aromatic rings. The molecule has 3 rings (SSSR count). The molecule has 1 atom stereocenters. The fourth-order valence-electron chi connectivity index (χ4n) is 3.39. The van der Waals surface area contributed by atoms with Gasteiger partial charge >= 0.3 is 0 Å². The number of likely N-dealkylation sites (tertiary alicyclic amines) is 1. The van der Waals surface area contributed by atoms with E-state index in [1.165, 1.54) is 36.6 Å². The maximum absolute atomic E-state index is 12.2. The lowest BCUT2D eigenvalue weighted by atomic mass is 10.2. The third-order valence-electron chi connectivity index (χ3n) is 4.63. The van der Waals surface area contributed by atoms with Gasteiger partial charge in [-0.15, -0.1) is 0 Å². The molecule has 0 aromatic carbocycles. The van der Waals surface area contributed by atoms with Crippen molar-refractivity contribution in [3.8, 4) is 0 Å². The number of aromatic nitrogens is 2. The Kier molecular flexibility index (Phi) is 3.65. The van der Waals surface area contributed by atoms with Crippen molar-refractivity contribution in [2.75, 3.05) is 18.8 Å². The number of nitrogens with one attached hydrogen (secondary N) is 1. The van der Waals surface area contributed by atoms with Crippen LogP contribution in [0.15, 0.2) is 6.20 Å². The summed E-state index contributed by atoms with van der Waals surface area (Å²) in [6.07, 6.45) is 7.90. The summed E-state index contributed by atoms with van der Waals surface area (Å²) in [6.45, 7) is 2.06. The maximum Gasteiger partial charge on any atom is 0.256 e. The van der Waals surface area contributed by atoms with Crippen molar-refractivity contribution in [2.45, 2.75) is 44.2 Å². The van der Waals surface area contributed by atoms with Crippen LogP contribution in [0.4, 0.5) is 5.82 Å². The zero-order valence-electron chi connectivity index (χ0n) is 12.0. The highest BCUT2D eigenvalue weighted by molar-refractivity contribution is 5.98. The van der Waals surface area contributed by atoms with Crippen LogP contribution in [0, 0.1) is 0 Å². The molecule has 6 nitrogen and oxygen atoms in total. The number of rotatable bonds is 3. The fourth-order valence-corrected chi connectivity index (χ4v) is 3.39. The zero-order chi connectivity index (χ0) is 14.1. The van der Waals surface area contributed by atoms with Crippen molar-refractivity contribution in [3.63, 3.8) is 0 Å². The van der Waals surface area contributed by atoms with Gasteiger partial charge in [0.2, 0.25) is 0 Å². The lowest BCUT2D eigenvalue weighted by Gasteiger charge is -2.23. The molecule has 2 aliphatic rings. The van der Waals surface area contributed by atoms with Crippen molar-refractivity contribution in [3.05, 3.63) is 11.8 Å². The number of nitrogens with two attached hydrogens (primary N) is 1. The molecule has 1 aliphatic heterocycles. The highest BCUT2D eigenvalue weighted by Gasteiger charge is 2.31. The number of amides is 1. The molecule has 0 spiro atoms. The minimum atomic E-state index is -0.103. The van der Waals surface area contributed by atoms with Crippen LogP contribution in [0.1, 0.15) is 42.5 Å². The number of carbonyl (C=O) groups excluding carboxylic acids is 1. The van der Waals surface area contributed by atoms with Gasteiger partial charge < -0.3 is 11.1 Å². The Morgan fingerprint density at radius 1 is 1.40 bits per heavy atom. The van der Waals surface area contributed by atoms with E-state index in [4.69, 9.17) is 5.73 Å². The highest BCUT2D eigenvalue weighted by atomic mass is 16.1. The van der Waals surface area contributed by atoms with Crippen molar-refractivity contribution in [1.82, 2.24) is 20.0 Å². The number of aryl methyl sites for hydroxylation is 1. The van der Waals surface area contributed by atoms with Crippen molar-refractivity contribution in [2.24, 2.45) is 7.05 Å². The molecule has 1 amide bonds. The number of hydrogen-bond donors (Lipinski definition) is 2. The molecule has 2 fully saturated rings. The summed E-state index contributed by atoms with van der Waals surface area (Å²) >= 11 is 0. The largest absolute Gasteiger partial charge is 0.383 e. The molecule has 0 radical (unpaired) electrons. The summed E-state index contributed by atoms with van der Waals surface area (Å²) in [7, 11) is 1.74. The summed E-state index contributed by atoms with van der Waals surface area (Å²) < 4.78 is 1.52. The zero-order valence-corrected chi connectivity index (χ0v) is 12.0. The molecular formula is C14H23N5O. The van der Waals surface area contributed by atoms with E-state index in [0.717, 1.165) is 25.6 Å². The first-order chi connectivity index (χ1) is 9.65. The van der Waals surface area contributed by atoms with Crippen LogP contribution in [-0.2, 0) is 7.05 Å². The van der Waals surface area contributed by atoms with E-state index in [9.17, 15) is 4.79 Å². The van der Waals surface area contributed by atoms with E-state index in [0.29, 0.717) is 11.4 Å². The molecule has 3 N–H and O–H groups in total. The molecule has 1 aliphatic carbocycles. The SMILES string of the molecule is Cn1ncc(C(=O)NC2CCN(C3CCCC3)C2)c1N. The normalized spacial score (nSPS) is 24.4. The lowest BCUT2D eigenvalue weighted by Crippen LogP contribution is -2.39. The predicted octanol–water partition coefficient (Wildman–Crippen LogP) is 0.749. The van der Waals surface area contributed by atoms with Gasteiger partial charge in [0.15, 0.2) is 0 Å². The second kappa shape index (κ2) is 5.44. The summed E-state index contributed by atoms with van der Waals surface area (Å²) in [5.74, 6) is 0.321. The fraction of sp³-hybridized carbons (Fsp3) is 0.714. The van der Waals surface area contributed by atoms with Gasteiger partial charge in [0.1, 0.15) is 11.4 Å². The predicted molar refractivity (Wildman–Crippen MR) is 77.3 cm³/mol. The van der Waals surface area contributed by atoms with Gasteiger partial charge in [0.05, 0.1) is 6.20 Å². The van der Waals surface area contributed by atoms with Crippen LogP contribution >= 0.6 is 0 Å². The molecule has 0 bridgehead atoms. The van der Waals surface area contributed by atoms with Crippen molar-refractivity contribution < 1.29 is 4.79 Å². The van der Waals surface area contributed by atoms with Gasteiger partial charge in [-0.2, -0.15) is 5.10 Å². The Bertz CT molecular complexity index is 492. The number of hydrogen-bond acceptors (Lipinski definition) is 4. The maximum atomic E-state index is 12.2. The molecular weight excluding hydrogens is 254 g/mol. The van der Waals surface area contributed by atoms with Crippen LogP contribution in [-0.4, -0.2) is 45.8 Å². The minimum Gasteiger partial charge on any atom is -0.383 e. The molecule has 1 aromatic heterocycles. The number of carbonyl (C=O) groups is 1. The summed E-state index contributed by atoms with van der Waals surface area (Å²) in [6, 6.07) is 0.975. The molecule has 6 heteroatoms. The van der Waals surface area contributed by atoms with Gasteiger partial charge in [0.25, 0.3) is 5.91 Å². The van der Waals surface area contributed by atoms with Gasteiger partial charge in [-0.1, -0.05) is 12.8 Å². The first-order valence-corrected chi connectivity index (χ1v) is 7.47. The number of nitrogen functional groups attached to an aromatic ring is 1. The van der Waals surface area contributed by atoms with Crippen molar-refractivity contribution >= 4 is 11.7 Å². The van der Waals surface area contributed by atoms with E-state index < -0.39 is 0 Å². The smallest absolute Gasteiger partial charge is 0.256 e. The van der Waals surface area contributed by atoms with Crippen LogP contribution in [0.2, 0.25) is 0 Å². The summed E-state index contributed by atoms with van der Waals surface area (Å²) in [5, 5.41) is 7.10. The van der Waals surface area contributed by atoms with E-state index in [1.807, 2.05) is 0 Å². The first kappa shape index (κ1) is 13.4. The second-order valence-electron chi connectivity index (χ2n) is 5.96. The Morgan fingerprint density at radius 3 is 2.80 bits per heavy atom. The highest BCUT2D eigenvalue weighted by Crippen LogP contribution is 2.26. The minimum absolute atomic E-state index is 0.103. The average molecular weight is 277 g/mol. The first-order valence-electron chi connectivity index (χ1n) is 7.47. The monoisotopic (exact) mass is 277 g/mol. The Hall–Kier alpha value is -1.56. The van der Waals surface area contributed by atoms with Crippen molar-refractivity contribution in [1.29, 1.82) is 0 Å². The topological polar surface area (TPSA) is 76.2 Å². The molecule has 20 heavy (non-hydrogen) atoms.